The van der Waals surface area contributed by atoms with E-state index in [-0.39, 0.29) is 18.6 Å². The van der Waals surface area contributed by atoms with Gasteiger partial charge in [0.1, 0.15) is 11.2 Å². The Morgan fingerprint density at radius 3 is 2.79 bits per heavy atom. The summed E-state index contributed by atoms with van der Waals surface area (Å²) in [6, 6.07) is 8.58. The third-order valence-corrected chi connectivity index (χ3v) is 6.98. The summed E-state index contributed by atoms with van der Waals surface area (Å²) in [5.74, 6) is 1.50. The van der Waals surface area contributed by atoms with Crippen LogP contribution in [0.5, 0.6) is 5.88 Å². The lowest BCUT2D eigenvalue weighted by Gasteiger charge is -2.34. The molecule has 1 fully saturated rings. The van der Waals surface area contributed by atoms with Crippen molar-refractivity contribution in [3.63, 3.8) is 0 Å². The molecule has 6 heteroatoms. The standard InChI is InChI=1S/C23H27N3O2S/c1-14-7-9-17(10-8-14)18-12-29-23-21(18)22(24-13-25-23)28-11-20(27)26-19-6-4-5-15(2)16(19)3/h7-10,12-13,15-16,19H,4-6,11H2,1-3H3,(H,26,27). The van der Waals surface area contributed by atoms with Gasteiger partial charge in [-0.1, -0.05) is 56.5 Å². The van der Waals surface area contributed by atoms with Crippen LogP contribution in [0.15, 0.2) is 36.0 Å². The molecule has 5 nitrogen and oxygen atoms in total. The number of nitrogens with one attached hydrogen (secondary N) is 1. The highest BCUT2D eigenvalue weighted by molar-refractivity contribution is 7.17. The minimum atomic E-state index is -0.0881. The second-order valence-electron chi connectivity index (χ2n) is 8.10. The van der Waals surface area contributed by atoms with Crippen LogP contribution >= 0.6 is 11.3 Å². The Labute approximate surface area is 175 Å². The normalized spacial score (nSPS) is 21.8. The maximum atomic E-state index is 12.5. The van der Waals surface area contributed by atoms with Gasteiger partial charge in [-0.3, -0.25) is 4.79 Å². The molecule has 1 N–H and O–H groups in total. The number of carbonyl (C=O) groups excluding carboxylic acids is 1. The highest BCUT2D eigenvalue weighted by atomic mass is 32.1. The van der Waals surface area contributed by atoms with Crippen molar-refractivity contribution >= 4 is 27.5 Å². The first-order valence-electron chi connectivity index (χ1n) is 10.2. The molecule has 3 aromatic rings. The summed E-state index contributed by atoms with van der Waals surface area (Å²) >= 11 is 1.56. The predicted molar refractivity (Wildman–Crippen MR) is 117 cm³/mol. The first-order chi connectivity index (χ1) is 14.0. The Morgan fingerprint density at radius 2 is 2.00 bits per heavy atom. The number of benzene rings is 1. The van der Waals surface area contributed by atoms with Gasteiger partial charge in [0.2, 0.25) is 5.88 Å². The average molecular weight is 410 g/mol. The molecular weight excluding hydrogens is 382 g/mol. The van der Waals surface area contributed by atoms with Crippen LogP contribution in [-0.4, -0.2) is 28.5 Å². The van der Waals surface area contributed by atoms with Gasteiger partial charge in [0.25, 0.3) is 5.91 Å². The van der Waals surface area contributed by atoms with Crippen LogP contribution in [0.2, 0.25) is 0 Å². The number of hydrogen-bond donors (Lipinski definition) is 1. The molecule has 152 valence electrons. The molecule has 3 unspecified atom stereocenters. The van der Waals surface area contributed by atoms with Gasteiger partial charge in [-0.25, -0.2) is 9.97 Å². The average Bonchev–Trinajstić information content (AvgIpc) is 3.15. The van der Waals surface area contributed by atoms with Crippen LogP contribution in [0.3, 0.4) is 0 Å². The number of aryl methyl sites for hydroxylation is 1. The third kappa shape index (κ3) is 4.27. The van der Waals surface area contributed by atoms with Gasteiger partial charge in [0.15, 0.2) is 6.61 Å². The molecule has 2 heterocycles. The van der Waals surface area contributed by atoms with Gasteiger partial charge < -0.3 is 10.1 Å². The molecule has 0 saturated heterocycles. The highest BCUT2D eigenvalue weighted by Crippen LogP contribution is 2.37. The Bertz CT molecular complexity index is 999. The van der Waals surface area contributed by atoms with Crippen LogP contribution in [0.4, 0.5) is 0 Å². The van der Waals surface area contributed by atoms with Crippen LogP contribution in [0.25, 0.3) is 21.3 Å². The summed E-state index contributed by atoms with van der Waals surface area (Å²) in [5.41, 5.74) is 3.34. The van der Waals surface area contributed by atoms with Crippen molar-refractivity contribution in [1.82, 2.24) is 15.3 Å². The Morgan fingerprint density at radius 1 is 1.21 bits per heavy atom. The summed E-state index contributed by atoms with van der Waals surface area (Å²) in [6.07, 6.45) is 4.94. The van der Waals surface area contributed by atoms with E-state index in [0.29, 0.717) is 17.7 Å². The minimum Gasteiger partial charge on any atom is -0.467 e. The Hall–Kier alpha value is -2.47. The van der Waals surface area contributed by atoms with Gasteiger partial charge in [0.05, 0.1) is 5.39 Å². The molecule has 1 aliphatic rings. The fourth-order valence-electron chi connectivity index (χ4n) is 4.07. The molecule has 2 aromatic heterocycles. The van der Waals surface area contributed by atoms with E-state index in [1.165, 1.54) is 24.7 Å². The first-order valence-corrected chi connectivity index (χ1v) is 11.1. The van der Waals surface area contributed by atoms with E-state index < -0.39 is 0 Å². The second-order valence-corrected chi connectivity index (χ2v) is 8.96. The van der Waals surface area contributed by atoms with Crippen molar-refractivity contribution in [2.45, 2.75) is 46.1 Å². The van der Waals surface area contributed by atoms with E-state index in [0.717, 1.165) is 27.8 Å². The number of hydrogen-bond acceptors (Lipinski definition) is 5. The van der Waals surface area contributed by atoms with Gasteiger partial charge in [-0.05, 0) is 30.7 Å². The number of fused-ring (bicyclic) bond motifs is 1. The van der Waals surface area contributed by atoms with Crippen molar-refractivity contribution in [2.24, 2.45) is 11.8 Å². The Kier molecular flexibility index (Phi) is 5.81. The smallest absolute Gasteiger partial charge is 0.258 e. The fraction of sp³-hybridized carbons (Fsp3) is 0.435. The quantitative estimate of drug-likeness (QED) is 0.645. The Balaban J connectivity index is 1.50. The molecule has 1 saturated carbocycles. The zero-order chi connectivity index (χ0) is 20.4. The number of thiophene rings is 1. The van der Waals surface area contributed by atoms with Crippen LogP contribution < -0.4 is 10.1 Å². The molecule has 4 rings (SSSR count). The molecule has 1 aromatic carbocycles. The molecule has 1 aliphatic carbocycles. The van der Waals surface area contributed by atoms with Crippen LogP contribution in [0, 0.1) is 18.8 Å². The number of nitrogens with zero attached hydrogens (tertiary/aromatic N) is 2. The third-order valence-electron chi connectivity index (χ3n) is 6.09. The molecule has 0 aliphatic heterocycles. The van der Waals surface area contributed by atoms with E-state index in [9.17, 15) is 4.79 Å². The maximum absolute atomic E-state index is 12.5. The lowest BCUT2D eigenvalue weighted by molar-refractivity contribution is -0.124. The molecule has 3 atom stereocenters. The largest absolute Gasteiger partial charge is 0.467 e. The monoisotopic (exact) mass is 409 g/mol. The van der Waals surface area contributed by atoms with E-state index >= 15 is 0 Å². The van der Waals surface area contributed by atoms with Crippen LogP contribution in [0.1, 0.15) is 38.7 Å². The van der Waals surface area contributed by atoms with Gasteiger partial charge in [0, 0.05) is 17.0 Å². The summed E-state index contributed by atoms with van der Waals surface area (Å²) in [4.78, 5) is 22.1. The van der Waals surface area contributed by atoms with Crippen molar-refractivity contribution < 1.29 is 9.53 Å². The maximum Gasteiger partial charge on any atom is 0.258 e. The second kappa shape index (κ2) is 8.49. The van der Waals surface area contributed by atoms with Crippen molar-refractivity contribution in [2.75, 3.05) is 6.61 Å². The number of ether oxygens (including phenoxy) is 1. The van der Waals surface area contributed by atoms with E-state index in [4.69, 9.17) is 4.74 Å². The molecule has 0 spiro atoms. The summed E-state index contributed by atoms with van der Waals surface area (Å²) in [5, 5.41) is 6.10. The van der Waals surface area contributed by atoms with Gasteiger partial charge in [-0.2, -0.15) is 0 Å². The number of carbonyl (C=O) groups is 1. The topological polar surface area (TPSA) is 64.1 Å². The zero-order valence-corrected chi connectivity index (χ0v) is 18.0. The summed E-state index contributed by atoms with van der Waals surface area (Å²) in [7, 11) is 0. The molecular formula is C23H27N3O2S. The lowest BCUT2D eigenvalue weighted by atomic mass is 9.78. The first kappa shape index (κ1) is 19.8. The predicted octanol–water partition coefficient (Wildman–Crippen LogP) is 4.99. The van der Waals surface area contributed by atoms with E-state index in [2.05, 4.69) is 65.7 Å². The van der Waals surface area contributed by atoms with Crippen molar-refractivity contribution in [3.8, 4) is 17.0 Å². The van der Waals surface area contributed by atoms with Gasteiger partial charge >= 0.3 is 0 Å². The van der Waals surface area contributed by atoms with Crippen LogP contribution in [-0.2, 0) is 4.79 Å². The molecule has 1 amide bonds. The number of amides is 1. The van der Waals surface area contributed by atoms with E-state index in [1.807, 2.05) is 0 Å². The minimum absolute atomic E-state index is 0.0348. The molecule has 29 heavy (non-hydrogen) atoms. The van der Waals surface area contributed by atoms with E-state index in [1.54, 1.807) is 11.3 Å². The fourth-order valence-corrected chi connectivity index (χ4v) is 4.98. The SMILES string of the molecule is Cc1ccc(-c2csc3ncnc(OCC(=O)NC4CCCC(C)C4C)c23)cc1. The molecule has 0 radical (unpaired) electrons. The lowest BCUT2D eigenvalue weighted by Crippen LogP contribution is -2.45. The summed E-state index contributed by atoms with van der Waals surface area (Å²) in [6.45, 7) is 6.52. The summed E-state index contributed by atoms with van der Waals surface area (Å²) < 4.78 is 5.87. The van der Waals surface area contributed by atoms with Gasteiger partial charge in [-0.15, -0.1) is 11.3 Å². The van der Waals surface area contributed by atoms with Crippen molar-refractivity contribution in [1.29, 1.82) is 0 Å². The molecule has 0 bridgehead atoms. The zero-order valence-electron chi connectivity index (χ0n) is 17.1. The number of aromatic nitrogens is 2. The van der Waals surface area contributed by atoms with Crippen molar-refractivity contribution in [3.05, 3.63) is 41.5 Å². The number of rotatable bonds is 5. The highest BCUT2D eigenvalue weighted by Gasteiger charge is 2.28.